The van der Waals surface area contributed by atoms with Gasteiger partial charge >= 0.3 is 0 Å². The Morgan fingerprint density at radius 3 is 2.67 bits per heavy atom. The first kappa shape index (κ1) is 14.9. The molecular formula is C17H20N2O2. The van der Waals surface area contributed by atoms with Gasteiger partial charge in [0.1, 0.15) is 5.75 Å². The van der Waals surface area contributed by atoms with Gasteiger partial charge in [-0.15, -0.1) is 0 Å². The van der Waals surface area contributed by atoms with Crippen molar-refractivity contribution in [2.45, 2.75) is 12.8 Å². The molecule has 4 heteroatoms. The molecule has 0 aromatic heterocycles. The van der Waals surface area contributed by atoms with Crippen molar-refractivity contribution in [3.63, 3.8) is 0 Å². The third kappa shape index (κ3) is 4.84. The molecule has 21 heavy (non-hydrogen) atoms. The minimum Gasteiger partial charge on any atom is -0.484 e. The monoisotopic (exact) mass is 284 g/mol. The summed E-state index contributed by atoms with van der Waals surface area (Å²) in [5.41, 5.74) is 7.47. The van der Waals surface area contributed by atoms with Crippen LogP contribution in [0, 0.1) is 0 Å². The summed E-state index contributed by atoms with van der Waals surface area (Å²) in [6, 6.07) is 17.1. The van der Waals surface area contributed by atoms with E-state index in [4.69, 9.17) is 10.5 Å². The topological polar surface area (TPSA) is 64.3 Å². The van der Waals surface area contributed by atoms with Gasteiger partial charge in [0.15, 0.2) is 6.61 Å². The molecule has 1 unspecified atom stereocenters. The van der Waals surface area contributed by atoms with E-state index in [0.717, 1.165) is 0 Å². The maximum atomic E-state index is 11.8. The van der Waals surface area contributed by atoms with Gasteiger partial charge in [-0.25, -0.2) is 0 Å². The van der Waals surface area contributed by atoms with Gasteiger partial charge in [0.2, 0.25) is 0 Å². The molecule has 0 bridgehead atoms. The normalized spacial score (nSPS) is 11.7. The SMILES string of the molecule is CC(CNC(=O)COc1cccc(N)c1)c1ccccc1. The molecule has 4 nitrogen and oxygen atoms in total. The summed E-state index contributed by atoms with van der Waals surface area (Å²) in [5.74, 6) is 0.726. The minimum atomic E-state index is -0.139. The van der Waals surface area contributed by atoms with Crippen molar-refractivity contribution >= 4 is 11.6 Å². The Balaban J connectivity index is 1.75. The van der Waals surface area contributed by atoms with Crippen LogP contribution in [0.4, 0.5) is 5.69 Å². The molecule has 0 aliphatic carbocycles. The first-order valence-electron chi connectivity index (χ1n) is 6.95. The Hall–Kier alpha value is -2.49. The minimum absolute atomic E-state index is 0.00897. The van der Waals surface area contributed by atoms with Crippen LogP contribution < -0.4 is 15.8 Å². The molecule has 2 rings (SSSR count). The maximum absolute atomic E-state index is 11.8. The molecule has 0 aliphatic rings. The average molecular weight is 284 g/mol. The molecule has 0 saturated heterocycles. The van der Waals surface area contributed by atoms with E-state index in [1.54, 1.807) is 24.3 Å². The van der Waals surface area contributed by atoms with E-state index in [1.807, 2.05) is 18.2 Å². The van der Waals surface area contributed by atoms with E-state index in [1.165, 1.54) is 5.56 Å². The highest BCUT2D eigenvalue weighted by Crippen LogP contribution is 2.14. The molecule has 2 aromatic rings. The van der Waals surface area contributed by atoms with Gasteiger partial charge < -0.3 is 15.8 Å². The zero-order valence-electron chi connectivity index (χ0n) is 12.1. The molecule has 0 radical (unpaired) electrons. The molecule has 0 spiro atoms. The summed E-state index contributed by atoms with van der Waals surface area (Å²) < 4.78 is 5.39. The van der Waals surface area contributed by atoms with E-state index in [0.29, 0.717) is 18.0 Å². The Labute approximate surface area is 124 Å². The molecule has 110 valence electrons. The van der Waals surface area contributed by atoms with Crippen LogP contribution in [0.15, 0.2) is 54.6 Å². The van der Waals surface area contributed by atoms with Gasteiger partial charge in [-0.2, -0.15) is 0 Å². The van der Waals surface area contributed by atoms with Crippen molar-refractivity contribution in [1.29, 1.82) is 0 Å². The van der Waals surface area contributed by atoms with Crippen LogP contribution in [0.1, 0.15) is 18.4 Å². The largest absolute Gasteiger partial charge is 0.484 e. The summed E-state index contributed by atoms with van der Waals surface area (Å²) in [4.78, 5) is 11.8. The predicted molar refractivity (Wildman–Crippen MR) is 84.2 cm³/mol. The molecule has 3 N–H and O–H groups in total. The Bertz CT molecular complexity index is 584. The Morgan fingerprint density at radius 2 is 1.95 bits per heavy atom. The van der Waals surface area contributed by atoms with Crippen molar-refractivity contribution in [3.05, 3.63) is 60.2 Å². The fourth-order valence-corrected chi connectivity index (χ4v) is 1.97. The number of amides is 1. The fourth-order valence-electron chi connectivity index (χ4n) is 1.97. The highest BCUT2D eigenvalue weighted by molar-refractivity contribution is 5.77. The summed E-state index contributed by atoms with van der Waals surface area (Å²) in [7, 11) is 0. The van der Waals surface area contributed by atoms with Crippen molar-refractivity contribution in [2.75, 3.05) is 18.9 Å². The van der Waals surface area contributed by atoms with Crippen LogP contribution in [0.5, 0.6) is 5.75 Å². The van der Waals surface area contributed by atoms with Crippen molar-refractivity contribution < 1.29 is 9.53 Å². The third-order valence-corrected chi connectivity index (χ3v) is 3.20. The molecular weight excluding hydrogens is 264 g/mol. The summed E-state index contributed by atoms with van der Waals surface area (Å²) in [6.45, 7) is 2.66. The second-order valence-electron chi connectivity index (χ2n) is 4.98. The van der Waals surface area contributed by atoms with Crippen molar-refractivity contribution in [3.8, 4) is 5.75 Å². The number of carbonyl (C=O) groups excluding carboxylic acids is 1. The van der Waals surface area contributed by atoms with E-state index in [2.05, 4.69) is 24.4 Å². The molecule has 0 aliphatic heterocycles. The molecule has 0 saturated carbocycles. The molecule has 0 heterocycles. The first-order chi connectivity index (χ1) is 10.1. The second kappa shape index (κ2) is 7.33. The van der Waals surface area contributed by atoms with Crippen LogP contribution >= 0.6 is 0 Å². The maximum Gasteiger partial charge on any atom is 0.257 e. The molecule has 1 atom stereocenters. The van der Waals surface area contributed by atoms with Crippen LogP contribution in [0.3, 0.4) is 0 Å². The van der Waals surface area contributed by atoms with Crippen molar-refractivity contribution in [1.82, 2.24) is 5.32 Å². The number of nitrogens with two attached hydrogens (primary N) is 1. The molecule has 2 aromatic carbocycles. The van der Waals surface area contributed by atoms with Gasteiger partial charge in [-0.1, -0.05) is 43.3 Å². The average Bonchev–Trinajstić information content (AvgIpc) is 2.51. The number of carbonyl (C=O) groups is 1. The second-order valence-corrected chi connectivity index (χ2v) is 4.98. The fraction of sp³-hybridized carbons (Fsp3) is 0.235. The smallest absolute Gasteiger partial charge is 0.257 e. The number of rotatable bonds is 6. The highest BCUT2D eigenvalue weighted by atomic mass is 16.5. The highest BCUT2D eigenvalue weighted by Gasteiger charge is 2.08. The lowest BCUT2D eigenvalue weighted by Crippen LogP contribution is -2.31. The van der Waals surface area contributed by atoms with Crippen LogP contribution in [-0.2, 0) is 4.79 Å². The number of nitrogen functional groups attached to an aromatic ring is 1. The van der Waals surface area contributed by atoms with Crippen molar-refractivity contribution in [2.24, 2.45) is 0 Å². The number of hydrogen-bond acceptors (Lipinski definition) is 3. The van der Waals surface area contributed by atoms with Gasteiger partial charge in [0, 0.05) is 18.3 Å². The van der Waals surface area contributed by atoms with Crippen LogP contribution in [0.25, 0.3) is 0 Å². The summed E-state index contributed by atoms with van der Waals surface area (Å²) in [5, 5.41) is 2.87. The lowest BCUT2D eigenvalue weighted by atomic mass is 10.0. The van der Waals surface area contributed by atoms with E-state index in [9.17, 15) is 4.79 Å². The molecule has 1 amide bonds. The number of benzene rings is 2. The zero-order valence-corrected chi connectivity index (χ0v) is 12.1. The van der Waals surface area contributed by atoms with Crippen LogP contribution in [0.2, 0.25) is 0 Å². The number of nitrogens with one attached hydrogen (secondary N) is 1. The third-order valence-electron chi connectivity index (χ3n) is 3.20. The lowest BCUT2D eigenvalue weighted by molar-refractivity contribution is -0.123. The number of anilines is 1. The van der Waals surface area contributed by atoms with Gasteiger partial charge in [0.05, 0.1) is 0 Å². The Kier molecular flexibility index (Phi) is 5.21. The number of hydrogen-bond donors (Lipinski definition) is 2. The quantitative estimate of drug-likeness (QED) is 0.801. The standard InChI is InChI=1S/C17H20N2O2/c1-13(14-6-3-2-4-7-14)11-19-17(20)12-21-16-9-5-8-15(18)10-16/h2-10,13H,11-12,18H2,1H3,(H,19,20). The van der Waals surface area contributed by atoms with E-state index < -0.39 is 0 Å². The Morgan fingerprint density at radius 1 is 1.19 bits per heavy atom. The molecule has 0 fully saturated rings. The number of ether oxygens (including phenoxy) is 1. The first-order valence-corrected chi connectivity index (χ1v) is 6.95. The summed E-state index contributed by atoms with van der Waals surface area (Å²) >= 11 is 0. The van der Waals surface area contributed by atoms with Gasteiger partial charge in [-0.3, -0.25) is 4.79 Å². The van der Waals surface area contributed by atoms with E-state index >= 15 is 0 Å². The summed E-state index contributed by atoms with van der Waals surface area (Å²) in [6.07, 6.45) is 0. The van der Waals surface area contributed by atoms with E-state index in [-0.39, 0.29) is 18.4 Å². The van der Waals surface area contributed by atoms with Gasteiger partial charge in [0.25, 0.3) is 5.91 Å². The van der Waals surface area contributed by atoms with Crippen LogP contribution in [-0.4, -0.2) is 19.1 Å². The predicted octanol–water partition coefficient (Wildman–Crippen LogP) is 2.57. The van der Waals surface area contributed by atoms with Gasteiger partial charge in [-0.05, 0) is 23.6 Å². The lowest BCUT2D eigenvalue weighted by Gasteiger charge is -2.13. The zero-order chi connectivity index (χ0) is 15.1.